The Balaban J connectivity index is 2.53. The highest BCUT2D eigenvalue weighted by molar-refractivity contribution is 5.92. The van der Waals surface area contributed by atoms with Crippen LogP contribution in [0.4, 0.5) is 10.2 Å². The molecule has 2 rings (SSSR count). The van der Waals surface area contributed by atoms with Gasteiger partial charge in [0.05, 0.1) is 19.9 Å². The van der Waals surface area contributed by atoms with Crippen LogP contribution in [0, 0.1) is 5.82 Å². The Kier molecular flexibility index (Phi) is 3.37. The summed E-state index contributed by atoms with van der Waals surface area (Å²) in [6.07, 6.45) is 1.25. The van der Waals surface area contributed by atoms with Gasteiger partial charge in [0.2, 0.25) is 0 Å². The molecular weight excluding hydrogens is 253 g/mol. The van der Waals surface area contributed by atoms with Crippen LogP contribution in [-0.4, -0.2) is 29.7 Å². The van der Waals surface area contributed by atoms with Crippen molar-refractivity contribution in [3.05, 3.63) is 36.0 Å². The van der Waals surface area contributed by atoms with Crippen LogP contribution in [0.5, 0.6) is 5.75 Å². The van der Waals surface area contributed by atoms with Crippen molar-refractivity contribution in [1.29, 1.82) is 0 Å². The van der Waals surface area contributed by atoms with Gasteiger partial charge < -0.3 is 15.2 Å². The highest BCUT2D eigenvalue weighted by atomic mass is 19.1. The third-order valence-electron chi connectivity index (χ3n) is 2.60. The first kappa shape index (κ1) is 12.9. The molecule has 1 aromatic carbocycles. The number of ether oxygens (including phenoxy) is 2. The second-order valence-corrected chi connectivity index (χ2v) is 3.66. The molecule has 6 nitrogen and oxygen atoms in total. The molecule has 0 bridgehead atoms. The van der Waals surface area contributed by atoms with Gasteiger partial charge in [-0.2, -0.15) is 0 Å². The number of carbonyl (C=O) groups excluding carboxylic acids is 1. The van der Waals surface area contributed by atoms with E-state index in [0.717, 1.165) is 0 Å². The number of anilines is 1. The van der Waals surface area contributed by atoms with Crippen LogP contribution < -0.4 is 10.5 Å². The van der Waals surface area contributed by atoms with Gasteiger partial charge in [-0.25, -0.2) is 14.2 Å². The smallest absolute Gasteiger partial charge is 0.360 e. The minimum Gasteiger partial charge on any atom is -0.497 e. The Hall–Kier alpha value is -2.57. The van der Waals surface area contributed by atoms with E-state index < -0.39 is 11.8 Å². The Morgan fingerprint density at radius 1 is 1.42 bits per heavy atom. The van der Waals surface area contributed by atoms with Gasteiger partial charge in [-0.1, -0.05) is 0 Å². The summed E-state index contributed by atoms with van der Waals surface area (Å²) in [6, 6.07) is 4.17. The molecule has 2 N–H and O–H groups in total. The first-order valence-electron chi connectivity index (χ1n) is 5.33. The maximum atomic E-state index is 13.8. The van der Waals surface area contributed by atoms with E-state index in [1.165, 1.54) is 43.3 Å². The molecule has 7 heteroatoms. The van der Waals surface area contributed by atoms with Crippen LogP contribution in [0.2, 0.25) is 0 Å². The van der Waals surface area contributed by atoms with Gasteiger partial charge in [0, 0.05) is 6.07 Å². The molecule has 0 radical (unpaired) electrons. The molecule has 0 saturated heterocycles. The quantitative estimate of drug-likeness (QED) is 0.848. The number of nitrogen functional groups attached to an aromatic ring is 1. The van der Waals surface area contributed by atoms with E-state index in [1.807, 2.05) is 0 Å². The van der Waals surface area contributed by atoms with Crippen LogP contribution in [0.15, 0.2) is 24.5 Å². The van der Waals surface area contributed by atoms with Gasteiger partial charge in [-0.3, -0.25) is 4.57 Å². The fourth-order valence-corrected chi connectivity index (χ4v) is 1.61. The van der Waals surface area contributed by atoms with Gasteiger partial charge in [0.25, 0.3) is 0 Å². The molecule has 1 heterocycles. The number of halogens is 1. The van der Waals surface area contributed by atoms with Gasteiger partial charge in [0.15, 0.2) is 5.69 Å². The van der Waals surface area contributed by atoms with Gasteiger partial charge >= 0.3 is 5.97 Å². The molecule has 0 aliphatic heterocycles. The molecule has 100 valence electrons. The lowest BCUT2D eigenvalue weighted by Gasteiger charge is -2.08. The van der Waals surface area contributed by atoms with Crippen molar-refractivity contribution in [2.24, 2.45) is 0 Å². The number of benzene rings is 1. The Bertz CT molecular complexity index is 625. The second kappa shape index (κ2) is 4.97. The summed E-state index contributed by atoms with van der Waals surface area (Å²) in [6.45, 7) is 0. The molecule has 1 aromatic heterocycles. The fraction of sp³-hybridized carbons (Fsp3) is 0.167. The molecule has 0 spiro atoms. The van der Waals surface area contributed by atoms with E-state index in [0.29, 0.717) is 5.75 Å². The van der Waals surface area contributed by atoms with E-state index in [4.69, 9.17) is 10.5 Å². The third kappa shape index (κ3) is 2.22. The summed E-state index contributed by atoms with van der Waals surface area (Å²) in [5.74, 6) is -0.732. The lowest BCUT2D eigenvalue weighted by molar-refractivity contribution is 0.0596. The summed E-state index contributed by atoms with van der Waals surface area (Å²) in [7, 11) is 2.68. The molecule has 0 unspecified atom stereocenters. The number of nitrogens with two attached hydrogens (primary N) is 1. The zero-order chi connectivity index (χ0) is 14.0. The average molecular weight is 265 g/mol. The second-order valence-electron chi connectivity index (χ2n) is 3.66. The van der Waals surface area contributed by atoms with Crippen molar-refractivity contribution in [2.75, 3.05) is 20.0 Å². The van der Waals surface area contributed by atoms with Crippen molar-refractivity contribution in [3.8, 4) is 11.4 Å². The lowest BCUT2D eigenvalue weighted by atomic mass is 10.3. The summed E-state index contributed by atoms with van der Waals surface area (Å²) in [5, 5.41) is 0. The van der Waals surface area contributed by atoms with E-state index in [-0.39, 0.29) is 17.2 Å². The Morgan fingerprint density at radius 2 is 2.16 bits per heavy atom. The van der Waals surface area contributed by atoms with Gasteiger partial charge in [0.1, 0.15) is 23.7 Å². The lowest BCUT2D eigenvalue weighted by Crippen LogP contribution is -2.08. The van der Waals surface area contributed by atoms with Crippen LogP contribution in [0.3, 0.4) is 0 Å². The summed E-state index contributed by atoms with van der Waals surface area (Å²) < 4.78 is 24.6. The van der Waals surface area contributed by atoms with E-state index >= 15 is 0 Å². The van der Waals surface area contributed by atoms with Crippen molar-refractivity contribution in [3.63, 3.8) is 0 Å². The third-order valence-corrected chi connectivity index (χ3v) is 2.60. The van der Waals surface area contributed by atoms with Crippen LogP contribution in [-0.2, 0) is 4.74 Å². The summed E-state index contributed by atoms with van der Waals surface area (Å²) >= 11 is 0. The molecule has 0 saturated carbocycles. The summed E-state index contributed by atoms with van der Waals surface area (Å²) in [5.41, 5.74) is 5.84. The molecule has 0 aliphatic rings. The zero-order valence-electron chi connectivity index (χ0n) is 10.4. The topological polar surface area (TPSA) is 79.4 Å². The largest absolute Gasteiger partial charge is 0.497 e. The van der Waals surface area contributed by atoms with Gasteiger partial charge in [-0.15, -0.1) is 0 Å². The predicted molar refractivity (Wildman–Crippen MR) is 65.8 cm³/mol. The molecule has 0 aliphatic carbocycles. The van der Waals surface area contributed by atoms with Crippen LogP contribution >= 0.6 is 0 Å². The monoisotopic (exact) mass is 265 g/mol. The number of hydrogen-bond donors (Lipinski definition) is 1. The standard InChI is InChI=1S/C12H12FN3O3/c1-18-7-3-4-8(13)9(5-7)16-6-15-10(11(16)14)12(17)19-2/h3-6H,14H2,1-2H3. The minimum atomic E-state index is -0.681. The van der Waals surface area contributed by atoms with Crippen LogP contribution in [0.1, 0.15) is 10.5 Å². The maximum Gasteiger partial charge on any atom is 0.360 e. The zero-order valence-corrected chi connectivity index (χ0v) is 10.4. The molecule has 0 fully saturated rings. The normalized spacial score (nSPS) is 10.3. The van der Waals surface area contributed by atoms with E-state index in [2.05, 4.69) is 9.72 Å². The highest BCUT2D eigenvalue weighted by Gasteiger charge is 2.18. The molecule has 0 amide bonds. The fourth-order valence-electron chi connectivity index (χ4n) is 1.61. The highest BCUT2D eigenvalue weighted by Crippen LogP contribution is 2.24. The SMILES string of the molecule is COC(=O)c1ncn(-c2cc(OC)ccc2F)c1N. The van der Waals surface area contributed by atoms with E-state index in [1.54, 1.807) is 0 Å². The number of methoxy groups -OCH3 is 2. The Morgan fingerprint density at radius 3 is 2.79 bits per heavy atom. The maximum absolute atomic E-state index is 13.8. The van der Waals surface area contributed by atoms with Crippen molar-refractivity contribution in [1.82, 2.24) is 9.55 Å². The molecule has 0 atom stereocenters. The predicted octanol–water partition coefficient (Wildman–Crippen LogP) is 1.39. The molecular formula is C12H12FN3O3. The average Bonchev–Trinajstić information content (AvgIpc) is 2.80. The first-order chi connectivity index (χ1) is 9.08. The molecule has 19 heavy (non-hydrogen) atoms. The van der Waals surface area contributed by atoms with E-state index in [9.17, 15) is 9.18 Å². The van der Waals surface area contributed by atoms with Crippen molar-refractivity contribution < 1.29 is 18.7 Å². The number of carbonyl (C=O) groups is 1. The molecule has 2 aromatic rings. The minimum absolute atomic E-state index is 0.000923. The number of hydrogen-bond acceptors (Lipinski definition) is 5. The first-order valence-corrected chi connectivity index (χ1v) is 5.33. The van der Waals surface area contributed by atoms with Crippen molar-refractivity contribution in [2.45, 2.75) is 0 Å². The van der Waals surface area contributed by atoms with Gasteiger partial charge in [-0.05, 0) is 12.1 Å². The Labute approximate surface area is 108 Å². The number of nitrogens with zero attached hydrogens (tertiary/aromatic N) is 2. The number of aromatic nitrogens is 2. The number of esters is 1. The van der Waals surface area contributed by atoms with Crippen LogP contribution in [0.25, 0.3) is 5.69 Å². The summed E-state index contributed by atoms with van der Waals surface area (Å²) in [4.78, 5) is 15.2. The number of imidazole rings is 1. The number of rotatable bonds is 3. The van der Waals surface area contributed by atoms with Crippen molar-refractivity contribution >= 4 is 11.8 Å².